The van der Waals surface area contributed by atoms with Gasteiger partial charge in [0.25, 0.3) is 11.1 Å². The molecule has 1 aliphatic heterocycles. The fraction of sp³-hybridized carbons (Fsp3) is 0.182. The summed E-state index contributed by atoms with van der Waals surface area (Å²) in [5.74, 6) is -0.537. The quantitative estimate of drug-likeness (QED) is 0.437. The van der Waals surface area contributed by atoms with Gasteiger partial charge in [0.2, 0.25) is 0 Å². The number of halogens is 4. The monoisotopic (exact) mass is 524 g/mol. The van der Waals surface area contributed by atoms with Gasteiger partial charge in [0.15, 0.2) is 0 Å². The number of hydrogen-bond acceptors (Lipinski definition) is 5. The van der Waals surface area contributed by atoms with Crippen LogP contribution in [0, 0.1) is 0 Å². The zero-order chi connectivity index (χ0) is 25.3. The minimum atomic E-state index is -4.57. The number of nitrogens with zero attached hydrogens (tertiary/aromatic N) is 3. The topological polar surface area (TPSA) is 105 Å². The Kier molecular flexibility index (Phi) is 6.77. The molecule has 4 rings (SSSR count). The summed E-state index contributed by atoms with van der Waals surface area (Å²) in [4.78, 5) is 36.3. The van der Waals surface area contributed by atoms with Crippen LogP contribution in [0.5, 0.6) is 0 Å². The van der Waals surface area contributed by atoms with Crippen molar-refractivity contribution in [2.45, 2.75) is 12.7 Å². The summed E-state index contributed by atoms with van der Waals surface area (Å²) < 4.78 is 41.7. The maximum atomic E-state index is 13.4. The Bertz CT molecular complexity index is 1370. The van der Waals surface area contributed by atoms with Crippen LogP contribution in [0.25, 0.3) is 17.0 Å². The maximum Gasteiger partial charge on any atom is 0.416 e. The molecule has 2 heterocycles. The van der Waals surface area contributed by atoms with Crippen LogP contribution in [0.2, 0.25) is 5.02 Å². The number of alkyl halides is 3. The number of carbonyl (C=O) groups is 3. The molecular weight excluding hydrogens is 509 g/mol. The second kappa shape index (κ2) is 9.62. The van der Waals surface area contributed by atoms with E-state index < -0.39 is 29.0 Å². The van der Waals surface area contributed by atoms with Gasteiger partial charge in [-0.1, -0.05) is 23.7 Å². The Hall–Kier alpha value is -3.51. The van der Waals surface area contributed by atoms with E-state index in [2.05, 4.69) is 10.4 Å². The molecule has 13 heteroatoms. The van der Waals surface area contributed by atoms with Crippen molar-refractivity contribution in [3.05, 3.63) is 69.2 Å². The Labute approximate surface area is 205 Å². The molecule has 0 atom stereocenters. The molecule has 1 saturated heterocycles. The number of fused-ring (bicyclic) bond motifs is 1. The molecule has 0 spiro atoms. The minimum Gasteiger partial charge on any atom is -0.465 e. The average molecular weight is 525 g/mol. The molecule has 0 radical (unpaired) electrons. The van der Waals surface area contributed by atoms with Gasteiger partial charge in [-0.05, 0) is 53.2 Å². The standard InChI is InChI=1S/C22H16ClF3N4O4S/c23-15-3-2-13(16(9-15)22(24,25)26)11-30-17-4-1-12(7-14(17)10-28-30)8-18-19(31)29(21(34)35-18)6-5-27-20(32)33/h1-4,7-10,27H,5-6,11H2,(H,32,33)/b18-8-. The first-order valence-electron chi connectivity index (χ1n) is 10.1. The molecule has 3 amide bonds. The number of thioether (sulfide) groups is 1. The van der Waals surface area contributed by atoms with Crippen LogP contribution in [-0.2, 0) is 17.5 Å². The van der Waals surface area contributed by atoms with Crippen molar-refractivity contribution in [2.75, 3.05) is 13.1 Å². The van der Waals surface area contributed by atoms with E-state index >= 15 is 0 Å². The number of hydrogen-bond donors (Lipinski definition) is 2. The minimum absolute atomic E-state index is 0.0152. The SMILES string of the molecule is O=C(O)NCCN1C(=O)S/C(=C\c2ccc3c(cnn3Cc3ccc(Cl)cc3C(F)(F)F)c2)C1=O. The summed E-state index contributed by atoms with van der Waals surface area (Å²) in [6.07, 6.45) is -2.80. The first-order chi connectivity index (χ1) is 16.5. The lowest BCUT2D eigenvalue weighted by molar-refractivity contribution is -0.138. The number of benzene rings is 2. The van der Waals surface area contributed by atoms with Gasteiger partial charge in [0.1, 0.15) is 0 Å². The first-order valence-corrected chi connectivity index (χ1v) is 11.3. The molecule has 1 aromatic heterocycles. The normalized spacial score (nSPS) is 15.4. The van der Waals surface area contributed by atoms with E-state index in [1.807, 2.05) is 0 Å². The van der Waals surface area contributed by atoms with Crippen molar-refractivity contribution in [2.24, 2.45) is 0 Å². The lowest BCUT2D eigenvalue weighted by atomic mass is 10.1. The zero-order valence-electron chi connectivity index (χ0n) is 17.7. The first kappa shape index (κ1) is 24.6. The Morgan fingerprint density at radius 1 is 1.20 bits per heavy atom. The number of nitrogens with one attached hydrogen (secondary N) is 1. The number of imide groups is 1. The molecule has 0 bridgehead atoms. The lowest BCUT2D eigenvalue weighted by Gasteiger charge is -2.14. The number of aromatic nitrogens is 2. The largest absolute Gasteiger partial charge is 0.465 e. The third kappa shape index (κ3) is 5.43. The van der Waals surface area contributed by atoms with Gasteiger partial charge in [-0.2, -0.15) is 18.3 Å². The molecule has 2 N–H and O–H groups in total. The van der Waals surface area contributed by atoms with E-state index in [4.69, 9.17) is 16.7 Å². The fourth-order valence-corrected chi connectivity index (χ4v) is 4.59. The molecule has 3 aromatic rings. The Morgan fingerprint density at radius 2 is 1.97 bits per heavy atom. The fourth-order valence-electron chi connectivity index (χ4n) is 3.55. The average Bonchev–Trinajstić information content (AvgIpc) is 3.29. The van der Waals surface area contributed by atoms with Crippen LogP contribution in [0.15, 0.2) is 47.5 Å². The predicted octanol–water partition coefficient (Wildman–Crippen LogP) is 5.06. The van der Waals surface area contributed by atoms with Crippen molar-refractivity contribution in [1.29, 1.82) is 0 Å². The Morgan fingerprint density at radius 3 is 2.69 bits per heavy atom. The third-order valence-corrected chi connectivity index (χ3v) is 6.29. The number of rotatable bonds is 6. The number of amides is 3. The Balaban J connectivity index is 1.55. The van der Waals surface area contributed by atoms with Gasteiger partial charge >= 0.3 is 12.3 Å². The predicted molar refractivity (Wildman–Crippen MR) is 124 cm³/mol. The van der Waals surface area contributed by atoms with Gasteiger partial charge in [0.05, 0.1) is 28.7 Å². The summed E-state index contributed by atoms with van der Waals surface area (Å²) in [5.41, 5.74) is 0.355. The van der Waals surface area contributed by atoms with Gasteiger partial charge in [-0.3, -0.25) is 19.2 Å². The van der Waals surface area contributed by atoms with Crippen LogP contribution < -0.4 is 5.32 Å². The van der Waals surface area contributed by atoms with E-state index in [1.54, 1.807) is 18.2 Å². The third-order valence-electron chi connectivity index (χ3n) is 5.15. The van der Waals surface area contributed by atoms with Crippen LogP contribution in [0.1, 0.15) is 16.7 Å². The van der Waals surface area contributed by atoms with Crippen LogP contribution >= 0.6 is 23.4 Å². The van der Waals surface area contributed by atoms with E-state index in [9.17, 15) is 27.6 Å². The van der Waals surface area contributed by atoms with Crippen molar-refractivity contribution in [3.8, 4) is 0 Å². The van der Waals surface area contributed by atoms with Gasteiger partial charge in [-0.25, -0.2) is 4.79 Å². The van der Waals surface area contributed by atoms with Crippen molar-refractivity contribution >= 4 is 57.6 Å². The van der Waals surface area contributed by atoms with E-state index in [0.717, 1.165) is 22.7 Å². The van der Waals surface area contributed by atoms with E-state index in [-0.39, 0.29) is 35.1 Å². The molecular formula is C22H16ClF3N4O4S. The van der Waals surface area contributed by atoms with Crippen LogP contribution in [0.4, 0.5) is 22.8 Å². The second-order valence-corrected chi connectivity index (χ2v) is 8.91. The van der Waals surface area contributed by atoms with Gasteiger partial charge in [-0.15, -0.1) is 0 Å². The highest BCUT2D eigenvalue weighted by Crippen LogP contribution is 2.35. The van der Waals surface area contributed by atoms with Crippen molar-refractivity contribution in [1.82, 2.24) is 20.0 Å². The zero-order valence-corrected chi connectivity index (χ0v) is 19.2. The summed E-state index contributed by atoms with van der Waals surface area (Å²) in [6.45, 7) is -0.307. The second-order valence-electron chi connectivity index (χ2n) is 7.48. The number of carboxylic acid groups (broad SMARTS) is 1. The van der Waals surface area contributed by atoms with Crippen LogP contribution in [0.3, 0.4) is 0 Å². The molecule has 182 valence electrons. The van der Waals surface area contributed by atoms with E-state index in [1.165, 1.54) is 29.1 Å². The highest BCUT2D eigenvalue weighted by Gasteiger charge is 2.35. The number of carbonyl (C=O) groups excluding carboxylic acids is 2. The highest BCUT2D eigenvalue weighted by molar-refractivity contribution is 8.18. The summed E-state index contributed by atoms with van der Waals surface area (Å²) in [6, 6.07) is 8.61. The molecule has 2 aromatic carbocycles. The summed E-state index contributed by atoms with van der Waals surface area (Å²) in [5, 5.41) is 15.0. The lowest BCUT2D eigenvalue weighted by Crippen LogP contribution is -2.36. The molecule has 1 aliphatic rings. The maximum absolute atomic E-state index is 13.4. The molecule has 8 nitrogen and oxygen atoms in total. The van der Waals surface area contributed by atoms with Crippen LogP contribution in [-0.4, -0.2) is 50.1 Å². The molecule has 0 unspecified atom stereocenters. The van der Waals surface area contributed by atoms with E-state index in [0.29, 0.717) is 16.5 Å². The smallest absolute Gasteiger partial charge is 0.416 e. The molecule has 0 aliphatic carbocycles. The van der Waals surface area contributed by atoms with Gasteiger partial charge < -0.3 is 10.4 Å². The summed E-state index contributed by atoms with van der Waals surface area (Å²) >= 11 is 6.49. The molecule has 35 heavy (non-hydrogen) atoms. The highest BCUT2D eigenvalue weighted by atomic mass is 35.5. The van der Waals surface area contributed by atoms with Crippen molar-refractivity contribution in [3.63, 3.8) is 0 Å². The molecule has 1 fully saturated rings. The molecule has 0 saturated carbocycles. The van der Waals surface area contributed by atoms with Crippen molar-refractivity contribution < 1.29 is 32.7 Å². The van der Waals surface area contributed by atoms with Gasteiger partial charge in [0, 0.05) is 23.5 Å². The summed E-state index contributed by atoms with van der Waals surface area (Å²) in [7, 11) is 0.